The van der Waals surface area contributed by atoms with Crippen molar-refractivity contribution in [3.8, 4) is 11.5 Å². The molecular formula is C16H17ClO2. The molecule has 100 valence electrons. The summed E-state index contributed by atoms with van der Waals surface area (Å²) in [7, 11) is 0. The first-order valence-corrected chi connectivity index (χ1v) is 6.49. The summed E-state index contributed by atoms with van der Waals surface area (Å²) < 4.78 is 0. The Morgan fingerprint density at radius 1 is 0.947 bits per heavy atom. The van der Waals surface area contributed by atoms with E-state index in [1.165, 1.54) is 0 Å². The number of aromatic hydroxyl groups is 2. The van der Waals surface area contributed by atoms with Crippen molar-refractivity contribution < 1.29 is 10.2 Å². The number of aryl methyl sites for hydroxylation is 1. The summed E-state index contributed by atoms with van der Waals surface area (Å²) in [5, 5.41) is 19.5. The van der Waals surface area contributed by atoms with Crippen LogP contribution >= 0.6 is 11.6 Å². The molecule has 2 aromatic rings. The van der Waals surface area contributed by atoms with Crippen molar-refractivity contribution in [2.45, 2.75) is 26.2 Å². The topological polar surface area (TPSA) is 40.5 Å². The smallest absolute Gasteiger partial charge is 0.137 e. The second-order valence-corrected chi connectivity index (χ2v) is 5.70. The van der Waals surface area contributed by atoms with Gasteiger partial charge in [-0.25, -0.2) is 0 Å². The SMILES string of the molecule is Cc1cc(C(C)(C)c2ccc(O)cc2)cc(Cl)c1O. The van der Waals surface area contributed by atoms with Gasteiger partial charge in [-0.15, -0.1) is 0 Å². The summed E-state index contributed by atoms with van der Waals surface area (Å²) in [5.41, 5.74) is 2.61. The van der Waals surface area contributed by atoms with Crippen LogP contribution in [0.3, 0.4) is 0 Å². The lowest BCUT2D eigenvalue weighted by molar-refractivity contribution is 0.470. The monoisotopic (exact) mass is 276 g/mol. The molecule has 0 saturated heterocycles. The molecular weight excluding hydrogens is 260 g/mol. The molecule has 0 aliphatic rings. The molecule has 0 aliphatic carbocycles. The van der Waals surface area contributed by atoms with Gasteiger partial charge in [0, 0.05) is 5.41 Å². The van der Waals surface area contributed by atoms with Gasteiger partial charge in [-0.3, -0.25) is 0 Å². The molecule has 0 unspecified atom stereocenters. The predicted molar refractivity (Wildman–Crippen MR) is 78.1 cm³/mol. The summed E-state index contributed by atoms with van der Waals surface area (Å²) in [4.78, 5) is 0. The molecule has 0 aliphatic heterocycles. The maximum Gasteiger partial charge on any atom is 0.137 e. The van der Waals surface area contributed by atoms with Crippen molar-refractivity contribution in [1.29, 1.82) is 0 Å². The van der Waals surface area contributed by atoms with Gasteiger partial charge >= 0.3 is 0 Å². The minimum absolute atomic E-state index is 0.131. The van der Waals surface area contributed by atoms with Gasteiger partial charge < -0.3 is 10.2 Å². The fourth-order valence-electron chi connectivity index (χ4n) is 2.14. The van der Waals surface area contributed by atoms with Gasteiger partial charge in [0.1, 0.15) is 11.5 Å². The normalized spacial score (nSPS) is 11.6. The number of phenols is 2. The molecule has 2 N–H and O–H groups in total. The summed E-state index contributed by atoms with van der Waals surface area (Å²) in [6, 6.07) is 10.9. The van der Waals surface area contributed by atoms with E-state index in [2.05, 4.69) is 13.8 Å². The highest BCUT2D eigenvalue weighted by Gasteiger charge is 2.24. The van der Waals surface area contributed by atoms with Crippen LogP contribution in [0.15, 0.2) is 36.4 Å². The van der Waals surface area contributed by atoms with E-state index >= 15 is 0 Å². The molecule has 0 bridgehead atoms. The van der Waals surface area contributed by atoms with Crippen molar-refractivity contribution in [3.05, 3.63) is 58.1 Å². The van der Waals surface area contributed by atoms with Gasteiger partial charge in [-0.2, -0.15) is 0 Å². The van der Waals surface area contributed by atoms with E-state index in [-0.39, 0.29) is 16.9 Å². The maximum atomic E-state index is 9.74. The first kappa shape index (κ1) is 13.8. The zero-order chi connectivity index (χ0) is 14.2. The van der Waals surface area contributed by atoms with E-state index in [4.69, 9.17) is 11.6 Å². The highest BCUT2D eigenvalue weighted by molar-refractivity contribution is 6.32. The zero-order valence-electron chi connectivity index (χ0n) is 11.2. The van der Waals surface area contributed by atoms with Crippen LogP contribution in [0.25, 0.3) is 0 Å². The third-order valence-electron chi connectivity index (χ3n) is 3.56. The van der Waals surface area contributed by atoms with Gasteiger partial charge in [0.05, 0.1) is 5.02 Å². The minimum atomic E-state index is -0.254. The van der Waals surface area contributed by atoms with Crippen LogP contribution in [-0.2, 0) is 5.41 Å². The molecule has 0 radical (unpaired) electrons. The number of hydrogen-bond donors (Lipinski definition) is 2. The second kappa shape index (κ2) is 4.78. The summed E-state index contributed by atoms with van der Waals surface area (Å²) in [5.74, 6) is 0.381. The van der Waals surface area contributed by atoms with Crippen LogP contribution in [-0.4, -0.2) is 10.2 Å². The number of hydrogen-bond acceptors (Lipinski definition) is 2. The van der Waals surface area contributed by atoms with Crippen molar-refractivity contribution in [1.82, 2.24) is 0 Å². The van der Waals surface area contributed by atoms with Gasteiger partial charge in [-0.05, 0) is 41.8 Å². The number of benzene rings is 2. The molecule has 3 heteroatoms. The van der Waals surface area contributed by atoms with Gasteiger partial charge in [0.2, 0.25) is 0 Å². The Balaban J connectivity index is 2.52. The maximum absolute atomic E-state index is 9.74. The fourth-order valence-corrected chi connectivity index (χ4v) is 2.41. The lowest BCUT2D eigenvalue weighted by Crippen LogP contribution is -2.19. The Hall–Kier alpha value is -1.67. The Morgan fingerprint density at radius 2 is 1.53 bits per heavy atom. The first-order chi connectivity index (χ1) is 8.82. The van der Waals surface area contributed by atoms with E-state index in [9.17, 15) is 10.2 Å². The lowest BCUT2D eigenvalue weighted by atomic mass is 9.77. The van der Waals surface area contributed by atoms with E-state index in [0.717, 1.165) is 16.7 Å². The minimum Gasteiger partial charge on any atom is -0.508 e. The molecule has 0 aromatic heterocycles. The van der Waals surface area contributed by atoms with Gasteiger partial charge in [0.15, 0.2) is 0 Å². The summed E-state index contributed by atoms with van der Waals surface area (Å²) >= 11 is 6.05. The Kier molecular flexibility index (Phi) is 3.46. The third kappa shape index (κ3) is 2.54. The number of phenolic OH excluding ortho intramolecular Hbond substituents is 2. The van der Waals surface area contributed by atoms with Crippen molar-refractivity contribution in [2.75, 3.05) is 0 Å². The van der Waals surface area contributed by atoms with Crippen LogP contribution < -0.4 is 0 Å². The molecule has 2 rings (SSSR count). The Bertz CT molecular complexity index is 578. The molecule has 0 heterocycles. The number of halogens is 1. The van der Waals surface area contributed by atoms with Crippen LogP contribution in [0.5, 0.6) is 11.5 Å². The number of rotatable bonds is 2. The van der Waals surface area contributed by atoms with Crippen molar-refractivity contribution in [3.63, 3.8) is 0 Å². The Morgan fingerprint density at radius 3 is 2.05 bits per heavy atom. The van der Waals surface area contributed by atoms with E-state index in [1.807, 2.05) is 25.1 Å². The van der Waals surface area contributed by atoms with Crippen LogP contribution in [0.2, 0.25) is 5.02 Å². The molecule has 2 aromatic carbocycles. The van der Waals surface area contributed by atoms with E-state index in [0.29, 0.717) is 5.02 Å². The molecule has 19 heavy (non-hydrogen) atoms. The van der Waals surface area contributed by atoms with Gasteiger partial charge in [-0.1, -0.05) is 43.6 Å². The molecule has 0 fully saturated rings. The van der Waals surface area contributed by atoms with E-state index < -0.39 is 0 Å². The first-order valence-electron chi connectivity index (χ1n) is 6.11. The van der Waals surface area contributed by atoms with Crippen LogP contribution in [0.4, 0.5) is 0 Å². The quantitative estimate of drug-likeness (QED) is 0.854. The Labute approximate surface area is 118 Å². The third-order valence-corrected chi connectivity index (χ3v) is 3.85. The molecule has 0 saturated carbocycles. The molecule has 2 nitrogen and oxygen atoms in total. The van der Waals surface area contributed by atoms with Crippen LogP contribution in [0, 0.1) is 6.92 Å². The lowest BCUT2D eigenvalue weighted by Gasteiger charge is -2.27. The molecule has 0 spiro atoms. The molecule has 0 amide bonds. The summed E-state index contributed by atoms with van der Waals surface area (Å²) in [6.45, 7) is 6.00. The second-order valence-electron chi connectivity index (χ2n) is 5.30. The highest BCUT2D eigenvalue weighted by Crippen LogP contribution is 2.37. The van der Waals surface area contributed by atoms with E-state index in [1.54, 1.807) is 18.2 Å². The van der Waals surface area contributed by atoms with Crippen molar-refractivity contribution >= 4 is 11.6 Å². The average molecular weight is 277 g/mol. The largest absolute Gasteiger partial charge is 0.508 e. The van der Waals surface area contributed by atoms with Gasteiger partial charge in [0.25, 0.3) is 0 Å². The summed E-state index contributed by atoms with van der Waals surface area (Å²) in [6.07, 6.45) is 0. The highest BCUT2D eigenvalue weighted by atomic mass is 35.5. The van der Waals surface area contributed by atoms with Crippen molar-refractivity contribution in [2.24, 2.45) is 0 Å². The zero-order valence-corrected chi connectivity index (χ0v) is 12.0. The standard InChI is InChI=1S/C16H17ClO2/c1-10-8-12(9-14(17)15(10)19)16(2,3)11-4-6-13(18)7-5-11/h4-9,18-19H,1-3H3. The fraction of sp³-hybridized carbons (Fsp3) is 0.250. The van der Waals surface area contributed by atoms with Crippen LogP contribution in [0.1, 0.15) is 30.5 Å². The molecule has 0 atom stereocenters. The predicted octanol–water partition coefficient (Wildman–Crippen LogP) is 4.39. The average Bonchev–Trinajstić information content (AvgIpc) is 2.35.